The van der Waals surface area contributed by atoms with Crippen LogP contribution in [-0.2, 0) is 9.59 Å². The molecule has 1 fully saturated rings. The second-order valence-corrected chi connectivity index (χ2v) is 4.74. The number of amides is 2. The van der Waals surface area contributed by atoms with Crippen molar-refractivity contribution in [1.82, 2.24) is 10.2 Å². The molecule has 0 radical (unpaired) electrons. The maximum Gasteiger partial charge on any atom is 0.242 e. The first kappa shape index (κ1) is 12.5. The van der Waals surface area contributed by atoms with Crippen molar-refractivity contribution in [3.05, 3.63) is 0 Å². The predicted molar refractivity (Wildman–Crippen MR) is 58.2 cm³/mol. The Morgan fingerprint density at radius 3 is 2.50 bits per heavy atom. The molecule has 0 heterocycles. The van der Waals surface area contributed by atoms with Crippen molar-refractivity contribution in [2.75, 3.05) is 13.6 Å². The van der Waals surface area contributed by atoms with Gasteiger partial charge in [-0.25, -0.2) is 0 Å². The van der Waals surface area contributed by atoms with Gasteiger partial charge in [-0.3, -0.25) is 9.59 Å². The molecule has 5 nitrogen and oxygen atoms in total. The molecule has 0 aromatic carbocycles. The maximum absolute atomic E-state index is 11.8. The molecule has 16 heavy (non-hydrogen) atoms. The van der Waals surface area contributed by atoms with Crippen LogP contribution in [0, 0.1) is 16.7 Å². The second kappa shape index (κ2) is 4.52. The van der Waals surface area contributed by atoms with Gasteiger partial charge in [-0.05, 0) is 26.7 Å². The molecule has 1 N–H and O–H groups in total. The fourth-order valence-corrected chi connectivity index (χ4v) is 1.31. The zero-order valence-corrected chi connectivity index (χ0v) is 9.91. The van der Waals surface area contributed by atoms with Crippen LogP contribution in [0.2, 0.25) is 0 Å². The van der Waals surface area contributed by atoms with Gasteiger partial charge in [-0.2, -0.15) is 5.26 Å². The summed E-state index contributed by atoms with van der Waals surface area (Å²) in [6.45, 7) is 3.11. The van der Waals surface area contributed by atoms with Gasteiger partial charge < -0.3 is 10.2 Å². The van der Waals surface area contributed by atoms with Gasteiger partial charge in [0.25, 0.3) is 0 Å². The van der Waals surface area contributed by atoms with E-state index in [2.05, 4.69) is 5.32 Å². The lowest BCUT2D eigenvalue weighted by Crippen LogP contribution is -2.43. The Kier molecular flexibility index (Phi) is 3.53. The van der Waals surface area contributed by atoms with Crippen molar-refractivity contribution in [2.45, 2.75) is 32.7 Å². The number of hydrogen-bond acceptors (Lipinski definition) is 3. The van der Waals surface area contributed by atoms with E-state index in [0.29, 0.717) is 6.04 Å². The summed E-state index contributed by atoms with van der Waals surface area (Å²) in [6.07, 6.45) is 2.04. The molecule has 1 aliphatic carbocycles. The van der Waals surface area contributed by atoms with Gasteiger partial charge in [0.05, 0.1) is 12.6 Å². The molecule has 0 atom stereocenters. The van der Waals surface area contributed by atoms with E-state index in [1.54, 1.807) is 13.8 Å². The number of hydrogen-bond donors (Lipinski definition) is 1. The number of nitrogens with one attached hydrogen (secondary N) is 1. The lowest BCUT2D eigenvalue weighted by Gasteiger charge is -2.23. The molecule has 5 heteroatoms. The molecule has 1 rings (SSSR count). The SMILES string of the molecule is CN(CC(=O)NC1CC1)C(=O)C(C)(C)C#N. The fraction of sp³-hybridized carbons (Fsp3) is 0.727. The van der Waals surface area contributed by atoms with Gasteiger partial charge in [0, 0.05) is 13.1 Å². The van der Waals surface area contributed by atoms with Crippen molar-refractivity contribution < 1.29 is 9.59 Å². The van der Waals surface area contributed by atoms with Crippen LogP contribution in [0.15, 0.2) is 0 Å². The van der Waals surface area contributed by atoms with E-state index in [1.165, 1.54) is 11.9 Å². The van der Waals surface area contributed by atoms with E-state index in [1.807, 2.05) is 6.07 Å². The zero-order valence-electron chi connectivity index (χ0n) is 9.91. The molecule has 2 amide bonds. The molecule has 88 valence electrons. The first-order chi connectivity index (χ1) is 7.36. The van der Waals surface area contributed by atoms with Crippen LogP contribution >= 0.6 is 0 Å². The Bertz CT molecular complexity index is 340. The largest absolute Gasteiger partial charge is 0.352 e. The standard InChI is InChI=1S/C11H17N3O2/c1-11(2,7-12)10(16)14(3)6-9(15)13-8-4-5-8/h8H,4-6H2,1-3H3,(H,13,15). The quantitative estimate of drug-likeness (QED) is 0.743. The Labute approximate surface area is 95.4 Å². The fourth-order valence-electron chi connectivity index (χ4n) is 1.31. The summed E-state index contributed by atoms with van der Waals surface area (Å²) in [6, 6.07) is 2.22. The van der Waals surface area contributed by atoms with Crippen molar-refractivity contribution >= 4 is 11.8 Å². The van der Waals surface area contributed by atoms with Gasteiger partial charge in [0.2, 0.25) is 11.8 Å². The second-order valence-electron chi connectivity index (χ2n) is 4.74. The Hall–Kier alpha value is -1.57. The summed E-state index contributed by atoms with van der Waals surface area (Å²) in [5, 5.41) is 11.6. The minimum atomic E-state index is -1.07. The highest BCUT2D eigenvalue weighted by Gasteiger charge is 2.31. The van der Waals surface area contributed by atoms with Crippen molar-refractivity contribution in [3.63, 3.8) is 0 Å². The molecule has 0 aromatic heterocycles. The monoisotopic (exact) mass is 223 g/mol. The summed E-state index contributed by atoms with van der Waals surface area (Å²) in [5.74, 6) is -0.493. The van der Waals surface area contributed by atoms with E-state index in [0.717, 1.165) is 12.8 Å². The third-order valence-electron chi connectivity index (χ3n) is 2.48. The molecule has 1 aliphatic rings. The van der Waals surface area contributed by atoms with Crippen LogP contribution in [0.3, 0.4) is 0 Å². The van der Waals surface area contributed by atoms with E-state index in [-0.39, 0.29) is 18.4 Å². The molecule has 1 saturated carbocycles. The van der Waals surface area contributed by atoms with E-state index >= 15 is 0 Å². The topological polar surface area (TPSA) is 73.2 Å². The number of carbonyl (C=O) groups excluding carboxylic acids is 2. The normalized spacial score (nSPS) is 15.1. The summed E-state index contributed by atoms with van der Waals surface area (Å²) >= 11 is 0. The van der Waals surface area contributed by atoms with Crippen LogP contribution in [0.5, 0.6) is 0 Å². The number of carbonyl (C=O) groups is 2. The molecular formula is C11H17N3O2. The molecular weight excluding hydrogens is 206 g/mol. The third-order valence-corrected chi connectivity index (χ3v) is 2.48. The van der Waals surface area contributed by atoms with Crippen LogP contribution in [0.25, 0.3) is 0 Å². The van der Waals surface area contributed by atoms with Crippen LogP contribution in [0.4, 0.5) is 0 Å². The summed E-state index contributed by atoms with van der Waals surface area (Å²) in [4.78, 5) is 24.5. The minimum Gasteiger partial charge on any atom is -0.352 e. The van der Waals surface area contributed by atoms with Crippen molar-refractivity contribution in [3.8, 4) is 6.07 Å². The summed E-state index contributed by atoms with van der Waals surface area (Å²) in [7, 11) is 1.54. The third kappa shape index (κ3) is 3.23. The predicted octanol–water partition coefficient (Wildman–Crippen LogP) is 0.273. The highest BCUT2D eigenvalue weighted by Crippen LogP contribution is 2.19. The van der Waals surface area contributed by atoms with E-state index < -0.39 is 5.41 Å². The zero-order chi connectivity index (χ0) is 12.3. The first-order valence-electron chi connectivity index (χ1n) is 5.33. The van der Waals surface area contributed by atoms with Gasteiger partial charge in [0.1, 0.15) is 5.41 Å². The van der Waals surface area contributed by atoms with Crippen molar-refractivity contribution in [2.24, 2.45) is 5.41 Å². The number of nitrogens with zero attached hydrogens (tertiary/aromatic N) is 2. The highest BCUT2D eigenvalue weighted by molar-refractivity contribution is 5.89. The number of rotatable bonds is 4. The summed E-state index contributed by atoms with van der Waals surface area (Å²) in [5.41, 5.74) is -1.07. The van der Waals surface area contributed by atoms with Crippen molar-refractivity contribution in [1.29, 1.82) is 5.26 Å². The van der Waals surface area contributed by atoms with E-state index in [9.17, 15) is 9.59 Å². The molecule has 0 spiro atoms. The van der Waals surface area contributed by atoms with Crippen LogP contribution in [-0.4, -0.2) is 36.3 Å². The first-order valence-corrected chi connectivity index (χ1v) is 5.33. The van der Waals surface area contributed by atoms with Gasteiger partial charge >= 0.3 is 0 Å². The Balaban J connectivity index is 2.44. The molecule has 0 aromatic rings. The van der Waals surface area contributed by atoms with Gasteiger partial charge in [-0.15, -0.1) is 0 Å². The number of nitriles is 1. The maximum atomic E-state index is 11.8. The average Bonchev–Trinajstić information content (AvgIpc) is 3.00. The average molecular weight is 223 g/mol. The lowest BCUT2D eigenvalue weighted by atomic mass is 9.94. The smallest absolute Gasteiger partial charge is 0.242 e. The molecule has 0 unspecified atom stereocenters. The molecule has 0 saturated heterocycles. The summed E-state index contributed by atoms with van der Waals surface area (Å²) < 4.78 is 0. The number of likely N-dealkylation sites (N-methyl/N-ethyl adjacent to an activating group) is 1. The lowest BCUT2D eigenvalue weighted by molar-refractivity contribution is -0.139. The van der Waals surface area contributed by atoms with Gasteiger partial charge in [0.15, 0.2) is 0 Å². The van der Waals surface area contributed by atoms with Crippen LogP contribution in [0.1, 0.15) is 26.7 Å². The minimum absolute atomic E-state index is 0.0143. The highest BCUT2D eigenvalue weighted by atomic mass is 16.2. The van der Waals surface area contributed by atoms with Gasteiger partial charge in [-0.1, -0.05) is 0 Å². The Morgan fingerprint density at radius 2 is 2.06 bits per heavy atom. The molecule has 0 bridgehead atoms. The van der Waals surface area contributed by atoms with E-state index in [4.69, 9.17) is 5.26 Å². The van der Waals surface area contributed by atoms with Crippen LogP contribution < -0.4 is 5.32 Å². The molecule has 0 aliphatic heterocycles. The Morgan fingerprint density at radius 1 is 1.50 bits per heavy atom.